The van der Waals surface area contributed by atoms with Gasteiger partial charge in [-0.25, -0.2) is 0 Å². The number of hydrogen-bond donors (Lipinski definition) is 2. The van der Waals surface area contributed by atoms with E-state index in [2.05, 4.69) is 25.3 Å². The van der Waals surface area contributed by atoms with E-state index in [9.17, 15) is 0 Å². The molecule has 0 aliphatic rings. The van der Waals surface area contributed by atoms with Crippen molar-refractivity contribution < 1.29 is 0 Å². The molecule has 0 saturated carbocycles. The van der Waals surface area contributed by atoms with Gasteiger partial charge in [0, 0.05) is 15.3 Å². The first-order valence-electron chi connectivity index (χ1n) is 1.79. The largest absolute Gasteiger partial charge is 0.168 e. The van der Waals surface area contributed by atoms with Gasteiger partial charge in [-0.1, -0.05) is 0 Å². The van der Waals surface area contributed by atoms with Gasteiger partial charge in [0.25, 0.3) is 0 Å². The van der Waals surface area contributed by atoms with Gasteiger partial charge in [-0.15, -0.1) is 23.5 Å². The van der Waals surface area contributed by atoms with Crippen LogP contribution in [0.3, 0.4) is 0 Å². The molecule has 0 aromatic rings. The molecule has 0 amide bonds. The molecule has 0 N–H and O–H groups in total. The number of thiol groups is 2. The Bertz CT molecular complexity index is 26.1. The fourth-order valence-electron chi connectivity index (χ4n) is 0.133. The van der Waals surface area contributed by atoms with Crippen molar-refractivity contribution in [2.75, 3.05) is 15.3 Å². The summed E-state index contributed by atoms with van der Waals surface area (Å²) in [5, 5.41) is 2.95. The second-order valence-electron chi connectivity index (χ2n) is 0.784. The Morgan fingerprint density at radius 2 is 1.43 bits per heavy atom. The summed E-state index contributed by atoms with van der Waals surface area (Å²) in [7, 11) is 0. The van der Waals surface area contributed by atoms with E-state index in [-0.39, 0.29) is 0 Å². The Balaban J connectivity index is 2.45. The number of thioether (sulfide) groups is 2. The molecule has 0 nitrogen and oxygen atoms in total. The molecule has 0 unspecified atom stereocenters. The summed E-state index contributed by atoms with van der Waals surface area (Å²) in [6.45, 7) is 0. The maximum atomic E-state index is 4.02. The summed E-state index contributed by atoms with van der Waals surface area (Å²) in [5.41, 5.74) is 0. The van der Waals surface area contributed by atoms with Gasteiger partial charge < -0.3 is 0 Å². The van der Waals surface area contributed by atoms with Gasteiger partial charge in [-0.3, -0.25) is 0 Å². The summed E-state index contributed by atoms with van der Waals surface area (Å²) in [6, 6.07) is 0. The second-order valence-corrected chi connectivity index (χ2v) is 4.61. The molecule has 0 rings (SSSR count). The lowest BCUT2D eigenvalue weighted by Gasteiger charge is -1.90. The van der Waals surface area contributed by atoms with Crippen LogP contribution in [0, 0.1) is 0 Å². The Morgan fingerprint density at radius 1 is 1.00 bits per heavy atom. The standard InChI is InChI=1S/C3H8S4/c4-1-6-3-7-2-5/h4-5H,1-3H2. The average molecular weight is 172 g/mol. The molecule has 44 valence electrons. The molecule has 4 heteroatoms. The third-order valence-corrected chi connectivity index (χ3v) is 3.14. The first kappa shape index (κ1) is 8.40. The Morgan fingerprint density at radius 3 is 1.71 bits per heavy atom. The summed E-state index contributed by atoms with van der Waals surface area (Å²) >= 11 is 11.7. The fraction of sp³-hybridized carbons (Fsp3) is 1.00. The van der Waals surface area contributed by atoms with Gasteiger partial charge in [-0.05, 0) is 0 Å². The molecule has 0 spiro atoms. The van der Waals surface area contributed by atoms with Gasteiger partial charge in [0.05, 0.1) is 0 Å². The third kappa shape index (κ3) is 7.40. The monoisotopic (exact) mass is 172 g/mol. The van der Waals surface area contributed by atoms with Crippen LogP contribution in [0.5, 0.6) is 0 Å². The zero-order chi connectivity index (χ0) is 5.54. The summed E-state index contributed by atoms with van der Waals surface area (Å²) in [5.74, 6) is 0. The number of hydrogen-bond acceptors (Lipinski definition) is 4. The fourth-order valence-corrected chi connectivity index (χ4v) is 2.54. The van der Waals surface area contributed by atoms with Crippen molar-refractivity contribution in [3.05, 3.63) is 0 Å². The zero-order valence-electron chi connectivity index (χ0n) is 3.83. The van der Waals surface area contributed by atoms with Gasteiger partial charge >= 0.3 is 0 Å². The van der Waals surface area contributed by atoms with E-state index in [0.717, 1.165) is 15.3 Å². The van der Waals surface area contributed by atoms with Crippen LogP contribution in [0.1, 0.15) is 0 Å². The van der Waals surface area contributed by atoms with Crippen LogP contribution in [0.15, 0.2) is 0 Å². The molecule has 0 aliphatic carbocycles. The first-order chi connectivity index (χ1) is 3.41. The molecule has 0 aromatic carbocycles. The van der Waals surface area contributed by atoms with Gasteiger partial charge in [0.2, 0.25) is 0 Å². The summed E-state index contributed by atoms with van der Waals surface area (Å²) < 4.78 is 0. The van der Waals surface area contributed by atoms with E-state index >= 15 is 0 Å². The molecule has 0 heterocycles. The van der Waals surface area contributed by atoms with E-state index in [1.807, 2.05) is 23.5 Å². The molecule has 7 heavy (non-hydrogen) atoms. The van der Waals surface area contributed by atoms with Crippen LogP contribution in [0.25, 0.3) is 0 Å². The van der Waals surface area contributed by atoms with Gasteiger partial charge in [0.1, 0.15) is 0 Å². The highest BCUT2D eigenvalue weighted by atomic mass is 32.2. The Labute approximate surface area is 64.0 Å². The lowest BCUT2D eigenvalue weighted by molar-refractivity contribution is 2.13. The van der Waals surface area contributed by atoms with Crippen LogP contribution < -0.4 is 0 Å². The molecule has 0 bridgehead atoms. The van der Waals surface area contributed by atoms with E-state index < -0.39 is 0 Å². The van der Waals surface area contributed by atoms with Crippen molar-refractivity contribution in [2.24, 2.45) is 0 Å². The van der Waals surface area contributed by atoms with Crippen molar-refractivity contribution in [3.63, 3.8) is 0 Å². The first-order valence-corrected chi connectivity index (χ1v) is 5.36. The molecule has 0 aliphatic heterocycles. The van der Waals surface area contributed by atoms with Crippen molar-refractivity contribution in [3.8, 4) is 0 Å². The number of rotatable bonds is 4. The highest BCUT2D eigenvalue weighted by Gasteiger charge is 1.80. The molecular weight excluding hydrogens is 164 g/mol. The van der Waals surface area contributed by atoms with Crippen LogP contribution in [0.2, 0.25) is 0 Å². The third-order valence-electron chi connectivity index (χ3n) is 0.349. The zero-order valence-corrected chi connectivity index (χ0v) is 7.25. The molecule has 0 fully saturated rings. The minimum absolute atomic E-state index is 0.917. The van der Waals surface area contributed by atoms with Crippen LogP contribution in [-0.2, 0) is 0 Å². The van der Waals surface area contributed by atoms with Crippen molar-refractivity contribution in [2.45, 2.75) is 0 Å². The van der Waals surface area contributed by atoms with Crippen LogP contribution in [0.4, 0.5) is 0 Å². The average Bonchev–Trinajstić information content (AvgIpc) is 1.69. The Hall–Kier alpha value is 1.40. The predicted molar refractivity (Wildman–Crippen MR) is 47.8 cm³/mol. The second kappa shape index (κ2) is 7.40. The molecule has 0 radical (unpaired) electrons. The maximum Gasteiger partial charge on any atom is 0.0408 e. The van der Waals surface area contributed by atoms with Crippen molar-refractivity contribution in [1.82, 2.24) is 0 Å². The van der Waals surface area contributed by atoms with Gasteiger partial charge in [-0.2, -0.15) is 25.3 Å². The SMILES string of the molecule is SCSCSCS. The normalized spacial score (nSPS) is 9.43. The molecule has 0 aromatic heterocycles. The Kier molecular flexibility index (Phi) is 8.88. The smallest absolute Gasteiger partial charge is 0.0408 e. The highest BCUT2D eigenvalue weighted by molar-refractivity contribution is 8.22. The lowest BCUT2D eigenvalue weighted by Crippen LogP contribution is -1.67. The predicted octanol–water partition coefficient (Wildman–Crippen LogP) is 2.18. The van der Waals surface area contributed by atoms with E-state index in [0.29, 0.717) is 0 Å². The van der Waals surface area contributed by atoms with Crippen LogP contribution >= 0.6 is 48.8 Å². The van der Waals surface area contributed by atoms with E-state index in [4.69, 9.17) is 0 Å². The minimum Gasteiger partial charge on any atom is -0.168 e. The van der Waals surface area contributed by atoms with Crippen molar-refractivity contribution in [1.29, 1.82) is 0 Å². The topological polar surface area (TPSA) is 0 Å². The lowest BCUT2D eigenvalue weighted by atomic mass is 11.8. The van der Waals surface area contributed by atoms with E-state index in [1.165, 1.54) is 0 Å². The molecule has 0 atom stereocenters. The molecular formula is C3H8S4. The summed E-state index contributed by atoms with van der Waals surface area (Å²) in [6.07, 6.45) is 0. The maximum absolute atomic E-state index is 4.02. The molecule has 0 saturated heterocycles. The minimum atomic E-state index is 0.917. The highest BCUT2D eigenvalue weighted by Crippen LogP contribution is 2.12. The van der Waals surface area contributed by atoms with E-state index in [1.54, 1.807) is 0 Å². The van der Waals surface area contributed by atoms with Gasteiger partial charge in [0.15, 0.2) is 0 Å². The van der Waals surface area contributed by atoms with Crippen LogP contribution in [-0.4, -0.2) is 15.3 Å². The quantitative estimate of drug-likeness (QED) is 0.379. The van der Waals surface area contributed by atoms with Crippen molar-refractivity contribution >= 4 is 48.8 Å². The summed E-state index contributed by atoms with van der Waals surface area (Å²) in [4.78, 5) is 0.